The first-order valence-electron chi connectivity index (χ1n) is 9.18. The van der Waals surface area contributed by atoms with Crippen LogP contribution in [0.3, 0.4) is 0 Å². The van der Waals surface area contributed by atoms with E-state index in [4.69, 9.17) is 0 Å². The van der Waals surface area contributed by atoms with Gasteiger partial charge in [0, 0.05) is 6.54 Å². The topological polar surface area (TPSA) is 107 Å². The number of carbonyl (C=O) groups is 3. The molecule has 1 saturated heterocycles. The van der Waals surface area contributed by atoms with Crippen molar-refractivity contribution < 1.29 is 24.6 Å². The quantitative estimate of drug-likeness (QED) is 0.466. The summed E-state index contributed by atoms with van der Waals surface area (Å²) in [6, 6.07) is 13.9. The van der Waals surface area contributed by atoms with Crippen LogP contribution in [0, 0.1) is 0 Å². The van der Waals surface area contributed by atoms with Gasteiger partial charge in [-0.25, -0.2) is 0 Å². The highest BCUT2D eigenvalue weighted by Gasteiger charge is 2.35. The number of carbonyl (C=O) groups excluding carboxylic acids is 3. The summed E-state index contributed by atoms with van der Waals surface area (Å²) >= 11 is 0.798. The molecule has 2 aromatic rings. The number of benzene rings is 2. The van der Waals surface area contributed by atoms with E-state index in [9.17, 15) is 24.6 Å². The van der Waals surface area contributed by atoms with Crippen molar-refractivity contribution in [3.05, 3.63) is 76.7 Å². The van der Waals surface area contributed by atoms with E-state index in [0.717, 1.165) is 27.8 Å². The Bertz CT molecular complexity index is 1020. The van der Waals surface area contributed by atoms with Gasteiger partial charge in [0.1, 0.15) is 6.54 Å². The average molecular weight is 424 g/mol. The zero-order chi connectivity index (χ0) is 21.5. The van der Waals surface area contributed by atoms with E-state index in [-0.39, 0.29) is 29.5 Å². The first-order chi connectivity index (χ1) is 14.4. The van der Waals surface area contributed by atoms with Crippen LogP contribution >= 0.6 is 11.8 Å². The van der Waals surface area contributed by atoms with Crippen molar-refractivity contribution in [2.75, 3.05) is 13.1 Å². The molecule has 1 heterocycles. The van der Waals surface area contributed by atoms with Crippen LogP contribution in [0.15, 0.2) is 65.6 Å². The maximum Gasteiger partial charge on any atom is 0.294 e. The molecule has 3 N–H and O–H groups in total. The van der Waals surface area contributed by atoms with Crippen LogP contribution in [0.5, 0.6) is 11.5 Å². The summed E-state index contributed by atoms with van der Waals surface area (Å²) in [5, 5.41) is 20.9. The van der Waals surface area contributed by atoms with E-state index in [1.807, 2.05) is 36.4 Å². The van der Waals surface area contributed by atoms with Crippen molar-refractivity contribution in [1.29, 1.82) is 0 Å². The SMILES string of the molecule is O=C(CN1C(=O)SC(=CC=Cc2ccccc2)C1=O)NCCc1ccc(O)c(O)c1. The van der Waals surface area contributed by atoms with Gasteiger partial charge in [0.05, 0.1) is 4.91 Å². The molecule has 3 amide bonds. The van der Waals surface area contributed by atoms with Crippen LogP contribution in [-0.2, 0) is 16.0 Å². The fraction of sp³-hybridized carbons (Fsp3) is 0.136. The molecular formula is C22H20N2O5S. The van der Waals surface area contributed by atoms with Gasteiger partial charge < -0.3 is 15.5 Å². The highest BCUT2D eigenvalue weighted by atomic mass is 32.2. The first-order valence-corrected chi connectivity index (χ1v) is 10.0. The Morgan fingerprint density at radius 2 is 1.83 bits per heavy atom. The Labute approximate surface area is 177 Å². The predicted molar refractivity (Wildman–Crippen MR) is 115 cm³/mol. The van der Waals surface area contributed by atoms with Crippen molar-refractivity contribution in [2.24, 2.45) is 0 Å². The summed E-state index contributed by atoms with van der Waals surface area (Å²) in [6.07, 6.45) is 5.50. The van der Waals surface area contributed by atoms with Gasteiger partial charge in [0.2, 0.25) is 5.91 Å². The molecule has 8 heteroatoms. The molecular weight excluding hydrogens is 404 g/mol. The number of amides is 3. The number of rotatable bonds is 7. The molecule has 0 atom stereocenters. The van der Waals surface area contributed by atoms with E-state index < -0.39 is 17.1 Å². The molecule has 0 radical (unpaired) electrons. The Balaban J connectivity index is 1.50. The molecule has 0 aliphatic carbocycles. The van der Waals surface area contributed by atoms with Crippen LogP contribution in [0.1, 0.15) is 11.1 Å². The molecule has 0 bridgehead atoms. The highest BCUT2D eigenvalue weighted by molar-refractivity contribution is 8.18. The van der Waals surface area contributed by atoms with Crippen LogP contribution in [0.2, 0.25) is 0 Å². The second-order valence-electron chi connectivity index (χ2n) is 6.48. The molecule has 2 aromatic carbocycles. The molecule has 3 rings (SSSR count). The summed E-state index contributed by atoms with van der Waals surface area (Å²) in [7, 11) is 0. The van der Waals surface area contributed by atoms with Crippen molar-refractivity contribution >= 4 is 34.9 Å². The van der Waals surface area contributed by atoms with E-state index >= 15 is 0 Å². The van der Waals surface area contributed by atoms with Crippen molar-refractivity contribution in [3.8, 4) is 11.5 Å². The highest BCUT2D eigenvalue weighted by Crippen LogP contribution is 2.30. The van der Waals surface area contributed by atoms with Crippen LogP contribution in [0.25, 0.3) is 6.08 Å². The van der Waals surface area contributed by atoms with Gasteiger partial charge >= 0.3 is 0 Å². The number of phenolic OH excluding ortho intramolecular Hbond substituents is 2. The van der Waals surface area contributed by atoms with E-state index in [0.29, 0.717) is 6.42 Å². The maximum absolute atomic E-state index is 12.4. The standard InChI is InChI=1S/C22H20N2O5S/c25-17-10-9-16(13-18(17)26)11-12-23-20(27)14-24-21(28)19(30-22(24)29)8-4-7-15-5-2-1-3-6-15/h1-10,13,25-26H,11-12,14H2,(H,23,27). The number of aromatic hydroxyl groups is 2. The Morgan fingerprint density at radius 3 is 2.57 bits per heavy atom. The maximum atomic E-state index is 12.4. The largest absolute Gasteiger partial charge is 0.504 e. The Kier molecular flexibility index (Phi) is 6.92. The lowest BCUT2D eigenvalue weighted by Crippen LogP contribution is -2.40. The van der Waals surface area contributed by atoms with Crippen molar-refractivity contribution in [3.63, 3.8) is 0 Å². The molecule has 30 heavy (non-hydrogen) atoms. The number of hydrogen-bond donors (Lipinski definition) is 3. The summed E-state index contributed by atoms with van der Waals surface area (Å²) in [6.45, 7) is -0.0971. The first kappa shape index (κ1) is 21.2. The molecule has 0 unspecified atom stereocenters. The molecule has 0 spiro atoms. The van der Waals surface area contributed by atoms with E-state index in [2.05, 4.69) is 5.32 Å². The fourth-order valence-corrected chi connectivity index (χ4v) is 3.52. The zero-order valence-electron chi connectivity index (χ0n) is 15.9. The van der Waals surface area contributed by atoms with Gasteiger partial charge in [-0.3, -0.25) is 19.3 Å². The van der Waals surface area contributed by atoms with Crippen LogP contribution in [0.4, 0.5) is 4.79 Å². The van der Waals surface area contributed by atoms with Gasteiger partial charge in [0.15, 0.2) is 11.5 Å². The minimum Gasteiger partial charge on any atom is -0.504 e. The number of allylic oxidation sites excluding steroid dienone is 2. The zero-order valence-corrected chi connectivity index (χ0v) is 16.8. The second-order valence-corrected chi connectivity index (χ2v) is 7.48. The van der Waals surface area contributed by atoms with Gasteiger partial charge in [-0.05, 0) is 47.5 Å². The minimum absolute atomic E-state index is 0.214. The lowest BCUT2D eigenvalue weighted by molar-refractivity contribution is -0.129. The third-order valence-corrected chi connectivity index (χ3v) is 5.21. The Hall–Kier alpha value is -3.52. The monoisotopic (exact) mass is 424 g/mol. The minimum atomic E-state index is -0.499. The van der Waals surface area contributed by atoms with E-state index in [1.165, 1.54) is 12.1 Å². The number of thioether (sulfide) groups is 1. The summed E-state index contributed by atoms with van der Waals surface area (Å²) in [5.74, 6) is -1.40. The predicted octanol–water partition coefficient (Wildman–Crippen LogP) is 3.05. The third kappa shape index (κ3) is 5.51. The number of phenols is 2. The lowest BCUT2D eigenvalue weighted by Gasteiger charge is -2.12. The number of hydrogen-bond acceptors (Lipinski definition) is 6. The normalized spacial score (nSPS) is 15.3. The van der Waals surface area contributed by atoms with Gasteiger partial charge in [-0.15, -0.1) is 0 Å². The van der Waals surface area contributed by atoms with Crippen LogP contribution < -0.4 is 5.32 Å². The summed E-state index contributed by atoms with van der Waals surface area (Å²) in [4.78, 5) is 37.8. The molecule has 7 nitrogen and oxygen atoms in total. The molecule has 1 aliphatic rings. The van der Waals surface area contributed by atoms with Crippen molar-refractivity contribution in [2.45, 2.75) is 6.42 Å². The number of imide groups is 1. The number of nitrogens with zero attached hydrogens (tertiary/aromatic N) is 1. The third-order valence-electron chi connectivity index (χ3n) is 4.29. The molecule has 0 saturated carbocycles. The lowest BCUT2D eigenvalue weighted by atomic mass is 10.1. The average Bonchev–Trinajstić information content (AvgIpc) is 2.99. The molecule has 0 aromatic heterocycles. The fourth-order valence-electron chi connectivity index (χ4n) is 2.73. The van der Waals surface area contributed by atoms with Crippen molar-refractivity contribution in [1.82, 2.24) is 10.2 Å². The summed E-state index contributed by atoms with van der Waals surface area (Å²) in [5.41, 5.74) is 1.69. The molecule has 1 aliphatic heterocycles. The smallest absolute Gasteiger partial charge is 0.294 e. The molecule has 154 valence electrons. The Morgan fingerprint density at radius 1 is 1.07 bits per heavy atom. The van der Waals surface area contributed by atoms with Crippen LogP contribution in [-0.4, -0.2) is 45.3 Å². The van der Waals surface area contributed by atoms with Gasteiger partial charge in [-0.2, -0.15) is 0 Å². The second kappa shape index (κ2) is 9.80. The van der Waals surface area contributed by atoms with E-state index in [1.54, 1.807) is 18.2 Å². The van der Waals surface area contributed by atoms with Gasteiger partial charge in [0.25, 0.3) is 11.1 Å². The molecule has 1 fully saturated rings. The van der Waals surface area contributed by atoms with Gasteiger partial charge in [-0.1, -0.05) is 48.6 Å². The number of nitrogens with one attached hydrogen (secondary N) is 1. The summed E-state index contributed by atoms with van der Waals surface area (Å²) < 4.78 is 0.